The fourth-order valence-electron chi connectivity index (χ4n) is 1.87. The lowest BCUT2D eigenvalue weighted by atomic mass is 10.2. The average molecular weight is 349 g/mol. The number of hydrogen-bond donors (Lipinski definition) is 1. The molecule has 0 spiro atoms. The van der Waals surface area contributed by atoms with Crippen molar-refractivity contribution in [3.63, 3.8) is 0 Å². The van der Waals surface area contributed by atoms with Gasteiger partial charge in [0.25, 0.3) is 11.1 Å². The molecule has 3 aromatic rings. The molecule has 0 fully saturated rings. The van der Waals surface area contributed by atoms with Crippen molar-refractivity contribution in [2.45, 2.75) is 24.8 Å². The number of aryl methyl sites for hydroxylation is 1. The molecule has 120 valence electrons. The molecule has 3 rings (SSSR count). The largest absolute Gasteiger partial charge is 0.431 e. The molecule has 0 aliphatic rings. The highest BCUT2D eigenvalue weighted by Crippen LogP contribution is 2.27. The van der Waals surface area contributed by atoms with Crippen molar-refractivity contribution >= 4 is 40.1 Å². The van der Waals surface area contributed by atoms with Crippen LogP contribution in [0.1, 0.15) is 28.0 Å². The monoisotopic (exact) mass is 349 g/mol. The van der Waals surface area contributed by atoms with E-state index in [-0.39, 0.29) is 5.91 Å². The third-order valence-electron chi connectivity index (χ3n) is 2.94. The SMILES string of the molecule is CCONC(=O)c1csc(CSc2nc3cc(C)ccc3o2)n1. The highest BCUT2D eigenvalue weighted by Gasteiger charge is 2.12. The molecule has 0 saturated carbocycles. The Kier molecular flexibility index (Phi) is 4.94. The second kappa shape index (κ2) is 7.12. The zero-order chi connectivity index (χ0) is 16.2. The van der Waals surface area contributed by atoms with Gasteiger partial charge in [-0.2, -0.15) is 0 Å². The molecule has 8 heteroatoms. The molecule has 0 bridgehead atoms. The van der Waals surface area contributed by atoms with E-state index < -0.39 is 0 Å². The van der Waals surface area contributed by atoms with Crippen LogP contribution in [0.25, 0.3) is 11.1 Å². The smallest absolute Gasteiger partial charge is 0.294 e. The fourth-order valence-corrected chi connectivity index (χ4v) is 3.50. The van der Waals surface area contributed by atoms with Gasteiger partial charge in [0, 0.05) is 5.38 Å². The quantitative estimate of drug-likeness (QED) is 0.541. The molecule has 0 aliphatic heterocycles. The van der Waals surface area contributed by atoms with Gasteiger partial charge in [0.05, 0.1) is 12.4 Å². The summed E-state index contributed by atoms with van der Waals surface area (Å²) in [6.07, 6.45) is 0. The molecular weight excluding hydrogens is 334 g/mol. The topological polar surface area (TPSA) is 77.2 Å². The Morgan fingerprint density at radius 1 is 1.43 bits per heavy atom. The van der Waals surface area contributed by atoms with E-state index in [4.69, 9.17) is 9.25 Å². The molecule has 2 heterocycles. The maximum atomic E-state index is 11.7. The number of thioether (sulfide) groups is 1. The van der Waals surface area contributed by atoms with E-state index in [1.165, 1.54) is 23.1 Å². The van der Waals surface area contributed by atoms with Gasteiger partial charge in [-0.05, 0) is 31.5 Å². The van der Waals surface area contributed by atoms with Crippen LogP contribution >= 0.6 is 23.1 Å². The van der Waals surface area contributed by atoms with Crippen LogP contribution in [0.15, 0.2) is 33.2 Å². The van der Waals surface area contributed by atoms with E-state index in [2.05, 4.69) is 15.4 Å². The minimum absolute atomic E-state index is 0.336. The number of hydrogen-bond acceptors (Lipinski definition) is 7. The van der Waals surface area contributed by atoms with E-state index in [0.29, 0.717) is 23.3 Å². The number of carbonyl (C=O) groups is 1. The maximum Gasteiger partial charge on any atom is 0.294 e. The number of thiazole rings is 1. The predicted octanol–water partition coefficient (Wildman–Crippen LogP) is 3.57. The summed E-state index contributed by atoms with van der Waals surface area (Å²) in [5.41, 5.74) is 5.45. The Balaban J connectivity index is 1.63. The molecule has 0 aliphatic carbocycles. The molecule has 1 N–H and O–H groups in total. The van der Waals surface area contributed by atoms with Crippen molar-refractivity contribution in [2.24, 2.45) is 0 Å². The van der Waals surface area contributed by atoms with E-state index >= 15 is 0 Å². The number of hydroxylamine groups is 1. The molecule has 0 unspecified atom stereocenters. The van der Waals surface area contributed by atoms with Gasteiger partial charge in [0.2, 0.25) is 0 Å². The van der Waals surface area contributed by atoms with Crippen LogP contribution < -0.4 is 5.48 Å². The number of nitrogens with zero attached hydrogens (tertiary/aromatic N) is 2. The van der Waals surface area contributed by atoms with E-state index in [1.807, 2.05) is 25.1 Å². The number of aromatic nitrogens is 2. The first-order valence-electron chi connectivity index (χ1n) is 7.02. The first kappa shape index (κ1) is 16.0. The number of rotatable bonds is 6. The molecule has 23 heavy (non-hydrogen) atoms. The van der Waals surface area contributed by atoms with Gasteiger partial charge < -0.3 is 4.42 Å². The normalized spacial score (nSPS) is 11.0. The summed E-state index contributed by atoms with van der Waals surface area (Å²) < 4.78 is 5.68. The van der Waals surface area contributed by atoms with Crippen LogP contribution in [0.5, 0.6) is 0 Å². The third-order valence-corrected chi connectivity index (χ3v) is 4.81. The van der Waals surface area contributed by atoms with Crippen LogP contribution in [0.3, 0.4) is 0 Å². The lowest BCUT2D eigenvalue weighted by molar-refractivity contribution is 0.0360. The van der Waals surface area contributed by atoms with Gasteiger partial charge in [-0.15, -0.1) is 11.3 Å². The Morgan fingerprint density at radius 3 is 3.13 bits per heavy atom. The number of carbonyl (C=O) groups excluding carboxylic acids is 1. The summed E-state index contributed by atoms with van der Waals surface area (Å²) in [7, 11) is 0. The van der Waals surface area contributed by atoms with Crippen LogP contribution in [-0.4, -0.2) is 22.5 Å². The van der Waals surface area contributed by atoms with Gasteiger partial charge in [-0.25, -0.2) is 15.4 Å². The highest BCUT2D eigenvalue weighted by atomic mass is 32.2. The number of fused-ring (bicyclic) bond motifs is 1. The van der Waals surface area contributed by atoms with Crippen molar-refractivity contribution in [3.8, 4) is 0 Å². The van der Waals surface area contributed by atoms with Crippen molar-refractivity contribution in [3.05, 3.63) is 39.8 Å². The second-order valence-corrected chi connectivity index (χ2v) is 6.60. The Bertz CT molecular complexity index is 828. The lowest BCUT2D eigenvalue weighted by Crippen LogP contribution is -2.23. The maximum absolute atomic E-state index is 11.7. The Hall–Kier alpha value is -1.90. The average Bonchev–Trinajstić information content (AvgIpc) is 3.16. The van der Waals surface area contributed by atoms with Gasteiger partial charge in [0.1, 0.15) is 16.2 Å². The third kappa shape index (κ3) is 3.90. The summed E-state index contributed by atoms with van der Waals surface area (Å²) in [4.78, 5) is 25.3. The molecule has 0 radical (unpaired) electrons. The zero-order valence-electron chi connectivity index (χ0n) is 12.7. The number of oxazole rings is 1. The Morgan fingerprint density at radius 2 is 2.30 bits per heavy atom. The lowest BCUT2D eigenvalue weighted by Gasteiger charge is -1.99. The first-order chi connectivity index (χ1) is 11.2. The summed E-state index contributed by atoms with van der Waals surface area (Å²) >= 11 is 2.88. The van der Waals surface area contributed by atoms with Crippen molar-refractivity contribution < 1.29 is 14.0 Å². The van der Waals surface area contributed by atoms with Gasteiger partial charge in [-0.1, -0.05) is 17.8 Å². The van der Waals surface area contributed by atoms with E-state index in [1.54, 1.807) is 12.3 Å². The summed E-state index contributed by atoms with van der Waals surface area (Å²) in [5.74, 6) is 0.259. The second-order valence-electron chi connectivity index (χ2n) is 4.73. The molecule has 1 amide bonds. The molecule has 1 aromatic carbocycles. The summed E-state index contributed by atoms with van der Waals surface area (Å²) in [6, 6.07) is 5.90. The first-order valence-corrected chi connectivity index (χ1v) is 8.88. The number of amides is 1. The molecule has 0 saturated heterocycles. The van der Waals surface area contributed by atoms with Crippen molar-refractivity contribution in [1.29, 1.82) is 0 Å². The van der Waals surface area contributed by atoms with Gasteiger partial charge >= 0.3 is 0 Å². The minimum atomic E-state index is -0.336. The molecule has 6 nitrogen and oxygen atoms in total. The standard InChI is InChI=1S/C15H15N3O3S2/c1-3-20-18-14(19)11-7-22-13(16-11)8-23-15-17-10-6-9(2)4-5-12(10)21-15/h4-7H,3,8H2,1-2H3,(H,18,19). The highest BCUT2D eigenvalue weighted by molar-refractivity contribution is 7.98. The Labute approximate surface area is 141 Å². The van der Waals surface area contributed by atoms with E-state index in [9.17, 15) is 4.79 Å². The van der Waals surface area contributed by atoms with Gasteiger partial charge in [0.15, 0.2) is 5.58 Å². The summed E-state index contributed by atoms with van der Waals surface area (Å²) in [5, 5.41) is 3.14. The molecular formula is C15H15N3O3S2. The molecule has 2 aromatic heterocycles. The van der Waals surface area contributed by atoms with Crippen LogP contribution in [-0.2, 0) is 10.6 Å². The van der Waals surface area contributed by atoms with Crippen LogP contribution in [0, 0.1) is 6.92 Å². The minimum Gasteiger partial charge on any atom is -0.431 e. The molecule has 0 atom stereocenters. The van der Waals surface area contributed by atoms with Crippen LogP contribution in [0.4, 0.5) is 0 Å². The van der Waals surface area contributed by atoms with Crippen molar-refractivity contribution in [2.75, 3.05) is 6.61 Å². The van der Waals surface area contributed by atoms with E-state index in [0.717, 1.165) is 21.7 Å². The van der Waals surface area contributed by atoms with Gasteiger partial charge in [-0.3, -0.25) is 9.63 Å². The predicted molar refractivity (Wildman–Crippen MR) is 89.5 cm³/mol. The summed E-state index contributed by atoms with van der Waals surface area (Å²) in [6.45, 7) is 4.23. The number of nitrogens with one attached hydrogen (secondary N) is 1. The fraction of sp³-hybridized carbons (Fsp3) is 0.267. The van der Waals surface area contributed by atoms with Crippen molar-refractivity contribution in [1.82, 2.24) is 15.4 Å². The zero-order valence-corrected chi connectivity index (χ0v) is 14.3. The van der Waals surface area contributed by atoms with Crippen LogP contribution in [0.2, 0.25) is 0 Å². The number of benzene rings is 1.